The van der Waals surface area contributed by atoms with Crippen LogP contribution in [-0.4, -0.2) is 42.2 Å². The monoisotopic (exact) mass is 607 g/mol. The summed E-state index contributed by atoms with van der Waals surface area (Å²) in [4.78, 5) is 22.7. The van der Waals surface area contributed by atoms with E-state index in [1.165, 1.54) is 12.1 Å². The van der Waals surface area contributed by atoms with Crippen molar-refractivity contribution in [1.82, 2.24) is 9.97 Å². The van der Waals surface area contributed by atoms with E-state index in [9.17, 15) is 9.18 Å². The highest BCUT2D eigenvalue weighted by molar-refractivity contribution is 6.04. The molecule has 10 heteroatoms. The van der Waals surface area contributed by atoms with Gasteiger partial charge in [-0.15, -0.1) is 0 Å². The van der Waals surface area contributed by atoms with Crippen molar-refractivity contribution in [3.05, 3.63) is 138 Å². The number of hydrogen-bond donors (Lipinski definition) is 2. The number of hydrogen-bond acceptors (Lipinski definition) is 8. The topological polar surface area (TPSA) is 112 Å². The standard InChI is InChI=1S/C23H22FN3O3.C12H12N2O/c24-19-12-18(13-21(14-19)27-7-9-29-10-8-27)23(28)26-20-4-1-3-17(11-20)16-30-22-5-2-6-25-15-22;13-11-4-1-3-10(7-11)9-15-12-5-2-6-14-8-12/h1-6,11-15H,7-10,16H2,(H,26,28);1-8H,9,13H2. The summed E-state index contributed by atoms with van der Waals surface area (Å²) in [7, 11) is 0. The van der Waals surface area contributed by atoms with Crippen molar-refractivity contribution >= 4 is 23.0 Å². The number of rotatable bonds is 9. The number of ether oxygens (including phenoxy) is 3. The van der Waals surface area contributed by atoms with Gasteiger partial charge in [-0.05, 0) is 77.9 Å². The second kappa shape index (κ2) is 15.8. The van der Waals surface area contributed by atoms with Crippen molar-refractivity contribution in [2.24, 2.45) is 0 Å². The molecule has 0 unspecified atom stereocenters. The summed E-state index contributed by atoms with van der Waals surface area (Å²) in [5, 5.41) is 2.84. The van der Waals surface area contributed by atoms with Gasteiger partial charge in [0.1, 0.15) is 30.5 Å². The predicted octanol–water partition coefficient (Wildman–Crippen LogP) is 6.13. The van der Waals surface area contributed by atoms with E-state index < -0.39 is 5.82 Å². The van der Waals surface area contributed by atoms with Crippen molar-refractivity contribution in [3.8, 4) is 11.5 Å². The van der Waals surface area contributed by atoms with Gasteiger partial charge in [-0.3, -0.25) is 14.8 Å². The lowest BCUT2D eigenvalue weighted by Gasteiger charge is -2.29. The number of benzene rings is 3. The number of carbonyl (C=O) groups is 1. The Bertz CT molecular complexity index is 1670. The molecule has 3 heterocycles. The lowest BCUT2D eigenvalue weighted by atomic mass is 10.1. The molecular weight excluding hydrogens is 573 g/mol. The van der Waals surface area contributed by atoms with Crippen LogP contribution in [0.1, 0.15) is 21.5 Å². The average molecular weight is 608 g/mol. The highest BCUT2D eigenvalue weighted by Crippen LogP contribution is 2.22. The van der Waals surface area contributed by atoms with E-state index >= 15 is 0 Å². The van der Waals surface area contributed by atoms with Gasteiger partial charge in [-0.2, -0.15) is 0 Å². The van der Waals surface area contributed by atoms with Gasteiger partial charge in [0.25, 0.3) is 5.91 Å². The van der Waals surface area contributed by atoms with Gasteiger partial charge in [0, 0.05) is 48.1 Å². The SMILES string of the molecule is Nc1cccc(COc2cccnc2)c1.O=C(Nc1cccc(COc2cccnc2)c1)c1cc(F)cc(N2CCOCC2)c1. The Morgan fingerprint density at radius 2 is 1.47 bits per heavy atom. The van der Waals surface area contributed by atoms with Crippen molar-refractivity contribution in [2.45, 2.75) is 13.2 Å². The maximum absolute atomic E-state index is 14.1. The Morgan fingerprint density at radius 1 is 0.822 bits per heavy atom. The van der Waals surface area contributed by atoms with Crippen LogP contribution in [0.25, 0.3) is 0 Å². The van der Waals surface area contributed by atoms with E-state index in [0.717, 1.165) is 22.6 Å². The average Bonchev–Trinajstić information content (AvgIpc) is 3.08. The molecular formula is C35H34FN5O4. The number of nitrogens with two attached hydrogens (primary N) is 1. The molecule has 2 aromatic heterocycles. The fourth-order valence-corrected chi connectivity index (χ4v) is 4.53. The molecule has 0 saturated carbocycles. The zero-order valence-electron chi connectivity index (χ0n) is 24.6. The predicted molar refractivity (Wildman–Crippen MR) is 172 cm³/mol. The Morgan fingerprint density at radius 3 is 2.09 bits per heavy atom. The maximum atomic E-state index is 14.1. The summed E-state index contributed by atoms with van der Waals surface area (Å²) < 4.78 is 30.7. The quantitative estimate of drug-likeness (QED) is 0.193. The molecule has 45 heavy (non-hydrogen) atoms. The van der Waals surface area contributed by atoms with Crippen LogP contribution in [0, 0.1) is 5.82 Å². The van der Waals surface area contributed by atoms with E-state index in [4.69, 9.17) is 19.9 Å². The second-order valence-electron chi connectivity index (χ2n) is 10.2. The summed E-state index contributed by atoms with van der Waals surface area (Å²) in [6.45, 7) is 3.37. The van der Waals surface area contributed by atoms with E-state index in [2.05, 4.69) is 15.3 Å². The molecule has 230 valence electrons. The number of nitrogens with one attached hydrogen (secondary N) is 1. The number of halogens is 1. The third kappa shape index (κ3) is 9.77. The number of pyridine rings is 2. The largest absolute Gasteiger partial charge is 0.487 e. The van der Waals surface area contributed by atoms with E-state index in [1.54, 1.807) is 43.0 Å². The van der Waals surface area contributed by atoms with Crippen molar-refractivity contribution in [2.75, 3.05) is 42.3 Å². The number of carbonyl (C=O) groups excluding carboxylic acids is 1. The van der Waals surface area contributed by atoms with Crippen molar-refractivity contribution in [3.63, 3.8) is 0 Å². The fraction of sp³-hybridized carbons (Fsp3) is 0.171. The molecule has 1 aliphatic rings. The smallest absolute Gasteiger partial charge is 0.255 e. The molecule has 0 spiro atoms. The zero-order chi connectivity index (χ0) is 31.3. The van der Waals surface area contributed by atoms with Crippen molar-refractivity contribution in [1.29, 1.82) is 0 Å². The maximum Gasteiger partial charge on any atom is 0.255 e. The molecule has 5 aromatic rings. The first-order valence-electron chi connectivity index (χ1n) is 14.5. The molecule has 6 rings (SSSR count). The van der Waals surface area contributed by atoms with Crippen LogP contribution in [0.15, 0.2) is 116 Å². The highest BCUT2D eigenvalue weighted by atomic mass is 19.1. The second-order valence-corrected chi connectivity index (χ2v) is 10.2. The molecule has 0 radical (unpaired) electrons. The minimum Gasteiger partial charge on any atom is -0.487 e. The first-order valence-corrected chi connectivity index (χ1v) is 14.5. The van der Waals surface area contributed by atoms with E-state index in [0.29, 0.717) is 56.6 Å². The minimum absolute atomic E-state index is 0.272. The van der Waals surface area contributed by atoms with Gasteiger partial charge in [0.15, 0.2) is 0 Å². The fourth-order valence-electron chi connectivity index (χ4n) is 4.53. The summed E-state index contributed by atoms with van der Waals surface area (Å²) >= 11 is 0. The van der Waals surface area contributed by atoms with Crippen LogP contribution >= 0.6 is 0 Å². The molecule has 0 atom stereocenters. The van der Waals surface area contributed by atoms with Gasteiger partial charge in [0.2, 0.25) is 0 Å². The molecule has 1 amide bonds. The van der Waals surface area contributed by atoms with Crippen LogP contribution in [0.3, 0.4) is 0 Å². The van der Waals surface area contributed by atoms with Crippen LogP contribution in [-0.2, 0) is 18.0 Å². The number of aromatic nitrogens is 2. The van der Waals surface area contributed by atoms with Gasteiger partial charge in [0.05, 0.1) is 25.6 Å². The first-order chi connectivity index (χ1) is 22.0. The summed E-state index contributed by atoms with van der Waals surface area (Å²) in [5.41, 5.74) is 9.93. The number of nitrogen functional groups attached to an aromatic ring is 1. The van der Waals surface area contributed by atoms with E-state index in [1.807, 2.05) is 65.6 Å². The zero-order valence-corrected chi connectivity index (χ0v) is 24.6. The van der Waals surface area contributed by atoms with Gasteiger partial charge in [-0.1, -0.05) is 24.3 Å². The Hall–Kier alpha value is -5.48. The van der Waals surface area contributed by atoms with Crippen molar-refractivity contribution < 1.29 is 23.4 Å². The third-order valence-electron chi connectivity index (χ3n) is 6.74. The molecule has 0 bridgehead atoms. The summed E-state index contributed by atoms with van der Waals surface area (Å²) in [6.07, 6.45) is 6.72. The molecule has 3 N–H and O–H groups in total. The third-order valence-corrected chi connectivity index (χ3v) is 6.74. The van der Waals surface area contributed by atoms with Crippen LogP contribution in [0.4, 0.5) is 21.5 Å². The minimum atomic E-state index is -0.442. The summed E-state index contributed by atoms with van der Waals surface area (Å²) in [6, 6.07) is 26.7. The molecule has 3 aromatic carbocycles. The Balaban J connectivity index is 0.000000223. The molecule has 1 saturated heterocycles. The van der Waals surface area contributed by atoms with Crippen LogP contribution in [0.5, 0.6) is 11.5 Å². The van der Waals surface area contributed by atoms with Gasteiger partial charge < -0.3 is 30.2 Å². The molecule has 0 aliphatic carbocycles. The number of anilines is 3. The number of morpholine rings is 1. The van der Waals surface area contributed by atoms with Gasteiger partial charge in [-0.25, -0.2) is 4.39 Å². The Kier molecular flexibility index (Phi) is 10.9. The molecule has 1 fully saturated rings. The lowest BCUT2D eigenvalue weighted by Crippen LogP contribution is -2.36. The lowest BCUT2D eigenvalue weighted by molar-refractivity contribution is 0.102. The first kappa shape index (κ1) is 31.0. The molecule has 1 aliphatic heterocycles. The van der Waals surface area contributed by atoms with Crippen LogP contribution in [0.2, 0.25) is 0 Å². The molecule has 9 nitrogen and oxygen atoms in total. The normalized spacial score (nSPS) is 12.4. The Labute approximate surface area is 261 Å². The number of amides is 1. The van der Waals surface area contributed by atoms with Gasteiger partial charge >= 0.3 is 0 Å². The van der Waals surface area contributed by atoms with Crippen LogP contribution < -0.4 is 25.4 Å². The summed E-state index contributed by atoms with van der Waals surface area (Å²) in [5.74, 6) is 0.624. The highest BCUT2D eigenvalue weighted by Gasteiger charge is 2.16. The number of nitrogens with zero attached hydrogens (tertiary/aromatic N) is 3. The van der Waals surface area contributed by atoms with E-state index in [-0.39, 0.29) is 11.5 Å².